The summed E-state index contributed by atoms with van der Waals surface area (Å²) in [6.45, 7) is 4.01. The maximum Gasteiger partial charge on any atom is 0.203 e. The number of phenolic OH excluding ortho intramolecular Hbond substituents is 1. The Morgan fingerprint density at radius 1 is 1.11 bits per heavy atom. The van der Waals surface area contributed by atoms with Gasteiger partial charge in [-0.05, 0) is 20.3 Å². The molecule has 0 saturated carbocycles. The summed E-state index contributed by atoms with van der Waals surface area (Å²) in [7, 11) is 4.61. The van der Waals surface area contributed by atoms with Gasteiger partial charge < -0.3 is 19.3 Å². The van der Waals surface area contributed by atoms with Crippen molar-refractivity contribution in [2.45, 2.75) is 20.3 Å². The Bertz CT molecular complexity index is 446. The molecular weight excluding hydrogens is 232 g/mol. The summed E-state index contributed by atoms with van der Waals surface area (Å²) < 4.78 is 15.8. The highest BCUT2D eigenvalue weighted by atomic mass is 16.5. The van der Waals surface area contributed by atoms with Crippen LogP contribution in [0, 0.1) is 0 Å². The summed E-state index contributed by atoms with van der Waals surface area (Å²) in [4.78, 5) is 0. The van der Waals surface area contributed by atoms with Crippen LogP contribution in [0.5, 0.6) is 23.0 Å². The van der Waals surface area contributed by atoms with Crippen molar-refractivity contribution in [3.05, 3.63) is 23.3 Å². The van der Waals surface area contributed by atoms with E-state index in [1.807, 2.05) is 19.9 Å². The number of hydrogen-bond donors (Lipinski definition) is 1. The molecule has 0 aliphatic rings. The molecule has 0 atom stereocenters. The normalized spacial score (nSPS) is 9.83. The third-order valence-electron chi connectivity index (χ3n) is 2.62. The van der Waals surface area contributed by atoms with Crippen LogP contribution < -0.4 is 14.2 Å². The molecule has 0 amide bonds. The lowest BCUT2D eigenvalue weighted by Gasteiger charge is -2.16. The fourth-order valence-corrected chi connectivity index (χ4v) is 1.71. The molecule has 4 heteroatoms. The van der Waals surface area contributed by atoms with Crippen LogP contribution in [0.15, 0.2) is 17.7 Å². The zero-order valence-electron chi connectivity index (χ0n) is 11.5. The molecule has 0 saturated heterocycles. The standard InChI is InChI=1S/C14H20O4/c1-9(2)6-7-10-11(15)8-12(16-3)14(18-5)13(10)17-4/h6,8,15H,7H2,1-5H3. The number of ether oxygens (including phenoxy) is 3. The Labute approximate surface area is 108 Å². The molecule has 0 aliphatic heterocycles. The zero-order chi connectivity index (χ0) is 13.7. The number of hydrogen-bond acceptors (Lipinski definition) is 4. The summed E-state index contributed by atoms with van der Waals surface area (Å²) in [6.07, 6.45) is 2.60. The molecule has 18 heavy (non-hydrogen) atoms. The SMILES string of the molecule is COc1cc(O)c(CC=C(C)C)c(OC)c1OC. The minimum Gasteiger partial charge on any atom is -0.507 e. The Morgan fingerprint density at radius 2 is 1.72 bits per heavy atom. The van der Waals surface area contributed by atoms with Crippen molar-refractivity contribution in [3.63, 3.8) is 0 Å². The minimum absolute atomic E-state index is 0.141. The number of benzene rings is 1. The van der Waals surface area contributed by atoms with Gasteiger partial charge in [0.2, 0.25) is 5.75 Å². The van der Waals surface area contributed by atoms with E-state index >= 15 is 0 Å². The topological polar surface area (TPSA) is 47.9 Å². The average Bonchev–Trinajstić information content (AvgIpc) is 2.35. The van der Waals surface area contributed by atoms with Crippen molar-refractivity contribution in [3.8, 4) is 23.0 Å². The smallest absolute Gasteiger partial charge is 0.203 e. The fourth-order valence-electron chi connectivity index (χ4n) is 1.71. The second-order valence-electron chi connectivity index (χ2n) is 4.13. The van der Waals surface area contributed by atoms with Gasteiger partial charge in [0.1, 0.15) is 5.75 Å². The van der Waals surface area contributed by atoms with E-state index in [-0.39, 0.29) is 5.75 Å². The van der Waals surface area contributed by atoms with Crippen LogP contribution in [0.4, 0.5) is 0 Å². The number of allylic oxidation sites excluding steroid dienone is 2. The van der Waals surface area contributed by atoms with E-state index in [1.165, 1.54) is 18.7 Å². The van der Waals surface area contributed by atoms with Crippen LogP contribution >= 0.6 is 0 Å². The first kappa shape index (κ1) is 14.2. The summed E-state index contributed by atoms with van der Waals surface area (Å²) >= 11 is 0. The molecule has 1 aromatic rings. The van der Waals surface area contributed by atoms with Gasteiger partial charge in [-0.3, -0.25) is 0 Å². The predicted molar refractivity (Wildman–Crippen MR) is 70.9 cm³/mol. The van der Waals surface area contributed by atoms with Crippen molar-refractivity contribution >= 4 is 0 Å². The Balaban J connectivity index is 3.36. The van der Waals surface area contributed by atoms with Gasteiger partial charge in [-0.1, -0.05) is 11.6 Å². The predicted octanol–water partition coefficient (Wildman–Crippen LogP) is 2.93. The van der Waals surface area contributed by atoms with Gasteiger partial charge in [-0.2, -0.15) is 0 Å². The van der Waals surface area contributed by atoms with Crippen molar-refractivity contribution in [2.75, 3.05) is 21.3 Å². The largest absolute Gasteiger partial charge is 0.507 e. The first-order chi connectivity index (χ1) is 8.54. The second kappa shape index (κ2) is 6.19. The molecule has 0 aliphatic carbocycles. The van der Waals surface area contributed by atoms with Gasteiger partial charge in [-0.15, -0.1) is 0 Å². The number of methoxy groups -OCH3 is 3. The first-order valence-electron chi connectivity index (χ1n) is 5.69. The first-order valence-corrected chi connectivity index (χ1v) is 5.69. The minimum atomic E-state index is 0.141. The van der Waals surface area contributed by atoms with E-state index in [0.29, 0.717) is 29.2 Å². The van der Waals surface area contributed by atoms with Gasteiger partial charge in [0.05, 0.1) is 21.3 Å². The molecule has 0 heterocycles. The highest BCUT2D eigenvalue weighted by Gasteiger charge is 2.19. The lowest BCUT2D eigenvalue weighted by Crippen LogP contribution is -1.99. The Hall–Kier alpha value is -1.84. The van der Waals surface area contributed by atoms with E-state index in [2.05, 4.69) is 0 Å². The third-order valence-corrected chi connectivity index (χ3v) is 2.62. The van der Waals surface area contributed by atoms with Gasteiger partial charge in [0, 0.05) is 11.6 Å². The molecule has 0 aromatic heterocycles. The van der Waals surface area contributed by atoms with E-state index in [9.17, 15) is 5.11 Å². The van der Waals surface area contributed by atoms with E-state index in [0.717, 1.165) is 0 Å². The van der Waals surface area contributed by atoms with Crippen LogP contribution in [0.1, 0.15) is 19.4 Å². The van der Waals surface area contributed by atoms with E-state index < -0.39 is 0 Å². The summed E-state index contributed by atoms with van der Waals surface area (Å²) in [5, 5.41) is 10.0. The van der Waals surface area contributed by atoms with Crippen LogP contribution in [-0.2, 0) is 6.42 Å². The summed E-state index contributed by atoms with van der Waals surface area (Å²) in [6, 6.07) is 1.54. The maximum atomic E-state index is 10.0. The number of rotatable bonds is 5. The Morgan fingerprint density at radius 3 is 2.17 bits per heavy atom. The molecule has 100 valence electrons. The number of aromatic hydroxyl groups is 1. The Kier molecular flexibility index (Phi) is 4.89. The fraction of sp³-hybridized carbons (Fsp3) is 0.429. The lowest BCUT2D eigenvalue weighted by atomic mass is 10.1. The van der Waals surface area contributed by atoms with Gasteiger partial charge >= 0.3 is 0 Å². The molecule has 0 spiro atoms. The molecule has 4 nitrogen and oxygen atoms in total. The lowest BCUT2D eigenvalue weighted by molar-refractivity contribution is 0.318. The second-order valence-corrected chi connectivity index (χ2v) is 4.13. The van der Waals surface area contributed by atoms with Gasteiger partial charge in [-0.25, -0.2) is 0 Å². The van der Waals surface area contributed by atoms with Crippen molar-refractivity contribution in [1.82, 2.24) is 0 Å². The molecule has 0 bridgehead atoms. The van der Waals surface area contributed by atoms with Crippen LogP contribution in [0.25, 0.3) is 0 Å². The van der Waals surface area contributed by atoms with Crippen LogP contribution in [0.2, 0.25) is 0 Å². The molecule has 0 radical (unpaired) electrons. The molecule has 0 fully saturated rings. The van der Waals surface area contributed by atoms with Gasteiger partial charge in [0.15, 0.2) is 11.5 Å². The van der Waals surface area contributed by atoms with E-state index in [4.69, 9.17) is 14.2 Å². The molecule has 1 rings (SSSR count). The highest BCUT2D eigenvalue weighted by molar-refractivity contribution is 5.61. The van der Waals surface area contributed by atoms with Crippen molar-refractivity contribution in [2.24, 2.45) is 0 Å². The van der Waals surface area contributed by atoms with Crippen LogP contribution in [0.3, 0.4) is 0 Å². The van der Waals surface area contributed by atoms with Crippen LogP contribution in [-0.4, -0.2) is 26.4 Å². The summed E-state index contributed by atoms with van der Waals surface area (Å²) in [5.41, 5.74) is 1.86. The summed E-state index contributed by atoms with van der Waals surface area (Å²) in [5.74, 6) is 1.59. The number of phenols is 1. The zero-order valence-corrected chi connectivity index (χ0v) is 11.5. The molecule has 0 unspecified atom stereocenters. The molecule has 1 aromatic carbocycles. The van der Waals surface area contributed by atoms with E-state index in [1.54, 1.807) is 14.2 Å². The van der Waals surface area contributed by atoms with Crippen molar-refractivity contribution < 1.29 is 19.3 Å². The highest BCUT2D eigenvalue weighted by Crippen LogP contribution is 2.44. The molecular formula is C14H20O4. The maximum absolute atomic E-state index is 10.0. The van der Waals surface area contributed by atoms with Gasteiger partial charge in [0.25, 0.3) is 0 Å². The van der Waals surface area contributed by atoms with Crippen molar-refractivity contribution in [1.29, 1.82) is 0 Å². The molecule has 1 N–H and O–H groups in total. The average molecular weight is 252 g/mol. The third kappa shape index (κ3) is 2.88. The quantitative estimate of drug-likeness (QED) is 0.818. The monoisotopic (exact) mass is 252 g/mol.